The van der Waals surface area contributed by atoms with Crippen molar-refractivity contribution >= 4 is 21.9 Å². The zero-order valence-corrected chi connectivity index (χ0v) is 24.0. The highest BCUT2D eigenvalue weighted by atomic mass is 79.9. The molecule has 3 aromatic rings. The van der Waals surface area contributed by atoms with Crippen LogP contribution in [-0.4, -0.2) is 12.6 Å². The number of aryl methyl sites for hydroxylation is 1. The topological polar surface area (TPSA) is 35.5 Å². The molecule has 0 spiro atoms. The number of halogens is 1. The first-order valence-corrected chi connectivity index (χ1v) is 14.7. The molecule has 0 fully saturated rings. The highest BCUT2D eigenvalue weighted by molar-refractivity contribution is 9.10. The Bertz CT molecular complexity index is 1070. The molecule has 4 heteroatoms. The van der Waals surface area contributed by atoms with Crippen molar-refractivity contribution in [3.63, 3.8) is 0 Å². The number of hydrogen-bond donors (Lipinski definition) is 0. The van der Waals surface area contributed by atoms with Gasteiger partial charge in [-0.05, 0) is 72.4 Å². The molecule has 0 aliphatic heterocycles. The average Bonchev–Trinajstić information content (AvgIpc) is 2.92. The molecule has 0 amide bonds. The third kappa shape index (κ3) is 10.0. The fourth-order valence-electron chi connectivity index (χ4n) is 4.32. The minimum Gasteiger partial charge on any atom is -0.494 e. The van der Waals surface area contributed by atoms with Gasteiger partial charge < -0.3 is 9.47 Å². The van der Waals surface area contributed by atoms with Crippen molar-refractivity contribution in [1.29, 1.82) is 0 Å². The first-order chi connectivity index (χ1) is 18.1. The summed E-state index contributed by atoms with van der Waals surface area (Å²) in [7, 11) is 0. The molecule has 198 valence electrons. The standard InChI is InChI=1S/C33H41BrO3/c1-3-5-7-9-10-11-13-28-14-15-29(25-32(28)34)33(35)37-31-22-18-27(19-23-31)26-16-20-30(21-17-26)36-24-12-8-6-4-2/h14-23,25H,3-13,24H2,1-2H3. The number of ether oxygens (including phenoxy) is 2. The summed E-state index contributed by atoms with van der Waals surface area (Å²) >= 11 is 3.64. The summed E-state index contributed by atoms with van der Waals surface area (Å²) in [5, 5.41) is 0. The maximum Gasteiger partial charge on any atom is 0.343 e. The summed E-state index contributed by atoms with van der Waals surface area (Å²) in [5.41, 5.74) is 3.95. The van der Waals surface area contributed by atoms with Crippen LogP contribution in [0.15, 0.2) is 71.2 Å². The van der Waals surface area contributed by atoms with E-state index in [1.54, 1.807) is 0 Å². The Balaban J connectivity index is 1.48. The Labute approximate surface area is 231 Å². The van der Waals surface area contributed by atoms with Gasteiger partial charge in [0.2, 0.25) is 0 Å². The van der Waals surface area contributed by atoms with Gasteiger partial charge in [-0.15, -0.1) is 0 Å². The van der Waals surface area contributed by atoms with Gasteiger partial charge in [0.1, 0.15) is 11.5 Å². The summed E-state index contributed by atoms with van der Waals surface area (Å²) in [5.74, 6) is 1.09. The Morgan fingerprint density at radius 3 is 1.86 bits per heavy atom. The molecule has 3 nitrogen and oxygen atoms in total. The van der Waals surface area contributed by atoms with E-state index in [1.807, 2.05) is 54.6 Å². The molecule has 3 aromatic carbocycles. The van der Waals surface area contributed by atoms with Crippen LogP contribution in [0.3, 0.4) is 0 Å². The van der Waals surface area contributed by atoms with Gasteiger partial charge in [-0.2, -0.15) is 0 Å². The number of esters is 1. The number of unbranched alkanes of at least 4 members (excludes halogenated alkanes) is 8. The Morgan fingerprint density at radius 1 is 0.676 bits per heavy atom. The second kappa shape index (κ2) is 16.3. The molecule has 0 aliphatic rings. The zero-order valence-electron chi connectivity index (χ0n) is 22.4. The van der Waals surface area contributed by atoms with Crippen LogP contribution in [0.5, 0.6) is 11.5 Å². The molecule has 0 aliphatic carbocycles. The largest absolute Gasteiger partial charge is 0.494 e. The number of hydrogen-bond acceptors (Lipinski definition) is 3. The zero-order chi connectivity index (χ0) is 26.3. The molecule has 0 atom stereocenters. The lowest BCUT2D eigenvalue weighted by molar-refractivity contribution is 0.0734. The maximum absolute atomic E-state index is 12.7. The lowest BCUT2D eigenvalue weighted by Crippen LogP contribution is -2.08. The van der Waals surface area contributed by atoms with E-state index in [4.69, 9.17) is 9.47 Å². The molecule has 0 heterocycles. The molecule has 0 radical (unpaired) electrons. The third-order valence-corrected chi connectivity index (χ3v) is 7.35. The third-order valence-electron chi connectivity index (χ3n) is 6.61. The van der Waals surface area contributed by atoms with Gasteiger partial charge >= 0.3 is 5.97 Å². The van der Waals surface area contributed by atoms with Crippen LogP contribution in [0.1, 0.15) is 94.0 Å². The summed E-state index contributed by atoms with van der Waals surface area (Å²) in [6, 6.07) is 21.5. The van der Waals surface area contributed by atoms with Gasteiger partial charge in [-0.3, -0.25) is 0 Å². The van der Waals surface area contributed by atoms with E-state index in [2.05, 4.69) is 41.9 Å². The van der Waals surface area contributed by atoms with E-state index in [-0.39, 0.29) is 5.97 Å². The van der Waals surface area contributed by atoms with Gasteiger partial charge in [0, 0.05) is 4.47 Å². The smallest absolute Gasteiger partial charge is 0.343 e. The van der Waals surface area contributed by atoms with Crippen molar-refractivity contribution in [3.05, 3.63) is 82.3 Å². The first kappa shape index (κ1) is 29.0. The van der Waals surface area contributed by atoms with Gasteiger partial charge in [0.25, 0.3) is 0 Å². The van der Waals surface area contributed by atoms with Crippen molar-refractivity contribution in [1.82, 2.24) is 0 Å². The summed E-state index contributed by atoms with van der Waals surface area (Å²) in [4.78, 5) is 12.7. The van der Waals surface area contributed by atoms with E-state index in [0.29, 0.717) is 11.3 Å². The molecular weight excluding hydrogens is 524 g/mol. The van der Waals surface area contributed by atoms with E-state index in [0.717, 1.165) is 40.8 Å². The highest BCUT2D eigenvalue weighted by Gasteiger charge is 2.11. The Morgan fingerprint density at radius 2 is 1.24 bits per heavy atom. The van der Waals surface area contributed by atoms with E-state index >= 15 is 0 Å². The number of benzene rings is 3. The predicted molar refractivity (Wildman–Crippen MR) is 158 cm³/mol. The molecule has 0 unspecified atom stereocenters. The van der Waals surface area contributed by atoms with Crippen LogP contribution < -0.4 is 9.47 Å². The monoisotopic (exact) mass is 564 g/mol. The van der Waals surface area contributed by atoms with Crippen LogP contribution in [-0.2, 0) is 6.42 Å². The molecule has 3 rings (SSSR count). The summed E-state index contributed by atoms with van der Waals surface area (Å²) in [6.07, 6.45) is 13.5. The fourth-order valence-corrected chi connectivity index (χ4v) is 4.89. The van der Waals surface area contributed by atoms with Crippen LogP contribution in [0.2, 0.25) is 0 Å². The average molecular weight is 566 g/mol. The van der Waals surface area contributed by atoms with Crippen molar-refractivity contribution in [2.24, 2.45) is 0 Å². The number of carbonyl (C=O) groups excluding carboxylic acids is 1. The predicted octanol–water partition coefficient (Wildman–Crippen LogP) is 10.2. The number of rotatable bonds is 16. The molecule has 0 aromatic heterocycles. The van der Waals surface area contributed by atoms with Crippen molar-refractivity contribution in [2.75, 3.05) is 6.61 Å². The first-order valence-electron chi connectivity index (χ1n) is 13.9. The quantitative estimate of drug-likeness (QED) is 0.0985. The SMILES string of the molecule is CCCCCCCCc1ccc(C(=O)Oc2ccc(-c3ccc(OCCCCCC)cc3)cc2)cc1Br. The normalized spacial score (nSPS) is 10.9. The van der Waals surface area contributed by atoms with Gasteiger partial charge in [-0.1, -0.05) is 111 Å². The molecule has 37 heavy (non-hydrogen) atoms. The molecule has 0 N–H and O–H groups in total. The van der Waals surface area contributed by atoms with E-state index in [1.165, 1.54) is 63.4 Å². The minimum atomic E-state index is -0.347. The van der Waals surface area contributed by atoms with Crippen molar-refractivity contribution in [3.8, 4) is 22.6 Å². The fraction of sp³-hybridized carbons (Fsp3) is 0.424. The van der Waals surface area contributed by atoms with E-state index in [9.17, 15) is 4.79 Å². The molecule has 0 bridgehead atoms. The molecule has 0 saturated carbocycles. The maximum atomic E-state index is 12.7. The van der Waals surface area contributed by atoms with Crippen LogP contribution >= 0.6 is 15.9 Å². The van der Waals surface area contributed by atoms with Crippen molar-refractivity contribution < 1.29 is 14.3 Å². The second-order valence-electron chi connectivity index (χ2n) is 9.67. The molecule has 0 saturated heterocycles. The van der Waals surface area contributed by atoms with Crippen molar-refractivity contribution in [2.45, 2.75) is 84.5 Å². The van der Waals surface area contributed by atoms with Gasteiger partial charge in [0.05, 0.1) is 12.2 Å². The van der Waals surface area contributed by atoms with Crippen LogP contribution in [0.4, 0.5) is 0 Å². The van der Waals surface area contributed by atoms with Crippen LogP contribution in [0, 0.1) is 0 Å². The Hall–Kier alpha value is -2.59. The van der Waals surface area contributed by atoms with Crippen LogP contribution in [0.25, 0.3) is 11.1 Å². The highest BCUT2D eigenvalue weighted by Crippen LogP contribution is 2.26. The second-order valence-corrected chi connectivity index (χ2v) is 10.5. The number of carbonyl (C=O) groups is 1. The molecular formula is C33H41BrO3. The van der Waals surface area contributed by atoms with Gasteiger partial charge in [0.15, 0.2) is 0 Å². The lowest BCUT2D eigenvalue weighted by atomic mass is 10.0. The Kier molecular flexibility index (Phi) is 12.8. The lowest BCUT2D eigenvalue weighted by Gasteiger charge is -2.09. The minimum absolute atomic E-state index is 0.347. The summed E-state index contributed by atoms with van der Waals surface area (Å²) in [6.45, 7) is 5.22. The van der Waals surface area contributed by atoms with E-state index < -0.39 is 0 Å². The summed E-state index contributed by atoms with van der Waals surface area (Å²) < 4.78 is 12.4. The van der Waals surface area contributed by atoms with Gasteiger partial charge in [-0.25, -0.2) is 4.79 Å².